The van der Waals surface area contributed by atoms with Crippen LogP contribution in [0.3, 0.4) is 0 Å². The summed E-state index contributed by atoms with van der Waals surface area (Å²) in [5, 5.41) is 0. The predicted molar refractivity (Wildman–Crippen MR) is 46.2 cm³/mol. The van der Waals surface area contributed by atoms with Gasteiger partial charge in [0.1, 0.15) is 0 Å². The number of hydrogen-bond donors (Lipinski definition) is 1. The second-order valence-corrected chi connectivity index (χ2v) is 2.99. The molecular formula is C8H18N2O. The van der Waals surface area contributed by atoms with Crippen LogP contribution < -0.4 is 5.73 Å². The lowest BCUT2D eigenvalue weighted by molar-refractivity contribution is -0.131. The second kappa shape index (κ2) is 5.13. The van der Waals surface area contributed by atoms with Crippen LogP contribution in [0.5, 0.6) is 0 Å². The predicted octanol–water partition coefficient (Wildman–Crippen LogP) is 0.592. The van der Waals surface area contributed by atoms with Crippen molar-refractivity contribution in [1.29, 1.82) is 0 Å². The molecule has 2 N–H and O–H groups in total. The summed E-state index contributed by atoms with van der Waals surface area (Å²) in [6, 6.07) is 0.292. The SMILES string of the molecule is CC(C)N(C)C(=O)CCCN. The third-order valence-corrected chi connectivity index (χ3v) is 1.76. The summed E-state index contributed by atoms with van der Waals surface area (Å²) in [7, 11) is 1.82. The fourth-order valence-corrected chi connectivity index (χ4v) is 0.718. The van der Waals surface area contributed by atoms with Gasteiger partial charge in [-0.15, -0.1) is 0 Å². The van der Waals surface area contributed by atoms with Crippen molar-refractivity contribution in [3.05, 3.63) is 0 Å². The Kier molecular flexibility index (Phi) is 4.86. The summed E-state index contributed by atoms with van der Waals surface area (Å²) >= 11 is 0. The van der Waals surface area contributed by atoms with Gasteiger partial charge in [0.05, 0.1) is 0 Å². The van der Waals surface area contributed by atoms with Crippen LogP contribution in [-0.4, -0.2) is 30.4 Å². The minimum Gasteiger partial charge on any atom is -0.343 e. The number of nitrogens with two attached hydrogens (primary N) is 1. The van der Waals surface area contributed by atoms with Gasteiger partial charge in [0.25, 0.3) is 0 Å². The molecule has 0 fully saturated rings. The maximum absolute atomic E-state index is 11.2. The molecule has 0 spiro atoms. The fourth-order valence-electron chi connectivity index (χ4n) is 0.718. The highest BCUT2D eigenvalue weighted by molar-refractivity contribution is 5.76. The maximum atomic E-state index is 11.2. The number of nitrogens with zero attached hydrogens (tertiary/aromatic N) is 1. The van der Waals surface area contributed by atoms with Crippen LogP contribution in [0, 0.1) is 0 Å². The Morgan fingerprint density at radius 1 is 1.55 bits per heavy atom. The first-order valence-corrected chi connectivity index (χ1v) is 4.05. The van der Waals surface area contributed by atoms with Crippen molar-refractivity contribution in [2.24, 2.45) is 5.73 Å². The van der Waals surface area contributed by atoms with Gasteiger partial charge in [-0.2, -0.15) is 0 Å². The number of amides is 1. The topological polar surface area (TPSA) is 46.3 Å². The van der Waals surface area contributed by atoms with Crippen molar-refractivity contribution in [3.8, 4) is 0 Å². The van der Waals surface area contributed by atoms with Crippen LogP contribution in [0.2, 0.25) is 0 Å². The summed E-state index contributed by atoms with van der Waals surface area (Å²) in [6.45, 7) is 4.60. The first-order chi connectivity index (χ1) is 5.09. The largest absolute Gasteiger partial charge is 0.343 e. The Balaban J connectivity index is 3.64. The van der Waals surface area contributed by atoms with Gasteiger partial charge in [0, 0.05) is 19.5 Å². The molecule has 0 aliphatic carbocycles. The molecule has 0 saturated heterocycles. The fraction of sp³-hybridized carbons (Fsp3) is 0.875. The van der Waals surface area contributed by atoms with Crippen molar-refractivity contribution in [3.63, 3.8) is 0 Å². The molecule has 0 aliphatic heterocycles. The lowest BCUT2D eigenvalue weighted by atomic mass is 10.2. The van der Waals surface area contributed by atoms with Crippen molar-refractivity contribution < 1.29 is 4.79 Å². The maximum Gasteiger partial charge on any atom is 0.222 e. The first kappa shape index (κ1) is 10.4. The summed E-state index contributed by atoms with van der Waals surface area (Å²) < 4.78 is 0. The zero-order valence-corrected chi connectivity index (χ0v) is 7.63. The monoisotopic (exact) mass is 158 g/mol. The van der Waals surface area contributed by atoms with Gasteiger partial charge in [-0.3, -0.25) is 4.79 Å². The van der Waals surface area contributed by atoms with Gasteiger partial charge in [-0.25, -0.2) is 0 Å². The molecule has 0 unspecified atom stereocenters. The van der Waals surface area contributed by atoms with E-state index in [1.165, 1.54) is 0 Å². The van der Waals surface area contributed by atoms with Crippen LogP contribution in [0.4, 0.5) is 0 Å². The Hall–Kier alpha value is -0.570. The number of hydrogen-bond acceptors (Lipinski definition) is 2. The number of carbonyl (C=O) groups excluding carboxylic acids is 1. The molecule has 3 heteroatoms. The summed E-state index contributed by atoms with van der Waals surface area (Å²) in [5.41, 5.74) is 5.28. The van der Waals surface area contributed by atoms with E-state index in [0.29, 0.717) is 19.0 Å². The minimum atomic E-state index is 0.186. The normalized spacial score (nSPS) is 10.3. The van der Waals surface area contributed by atoms with Gasteiger partial charge in [0.2, 0.25) is 5.91 Å². The van der Waals surface area contributed by atoms with E-state index < -0.39 is 0 Å². The molecule has 11 heavy (non-hydrogen) atoms. The van der Waals surface area contributed by atoms with E-state index in [1.807, 2.05) is 20.9 Å². The number of rotatable bonds is 4. The molecule has 3 nitrogen and oxygen atoms in total. The quantitative estimate of drug-likeness (QED) is 0.651. The zero-order valence-electron chi connectivity index (χ0n) is 7.63. The van der Waals surface area contributed by atoms with E-state index in [2.05, 4.69) is 0 Å². The first-order valence-electron chi connectivity index (χ1n) is 4.05. The molecule has 0 aromatic heterocycles. The van der Waals surface area contributed by atoms with Crippen LogP contribution in [0.15, 0.2) is 0 Å². The molecular weight excluding hydrogens is 140 g/mol. The van der Waals surface area contributed by atoms with Gasteiger partial charge < -0.3 is 10.6 Å². The summed E-state index contributed by atoms with van der Waals surface area (Å²) in [6.07, 6.45) is 1.36. The van der Waals surface area contributed by atoms with Gasteiger partial charge in [-0.1, -0.05) is 0 Å². The molecule has 0 aromatic carbocycles. The molecule has 0 aliphatic rings. The van der Waals surface area contributed by atoms with Gasteiger partial charge in [-0.05, 0) is 26.8 Å². The van der Waals surface area contributed by atoms with E-state index in [4.69, 9.17) is 5.73 Å². The molecule has 66 valence electrons. The lowest BCUT2D eigenvalue weighted by Gasteiger charge is -2.21. The van der Waals surface area contributed by atoms with E-state index in [9.17, 15) is 4.79 Å². The molecule has 0 atom stereocenters. The third-order valence-electron chi connectivity index (χ3n) is 1.76. The van der Waals surface area contributed by atoms with Gasteiger partial charge >= 0.3 is 0 Å². The third kappa shape index (κ3) is 3.98. The van der Waals surface area contributed by atoms with E-state index in [-0.39, 0.29) is 5.91 Å². The molecule has 0 bridgehead atoms. The molecule has 0 rings (SSSR count). The van der Waals surface area contributed by atoms with Crippen molar-refractivity contribution >= 4 is 5.91 Å². The van der Waals surface area contributed by atoms with Crippen LogP contribution in [0.25, 0.3) is 0 Å². The Morgan fingerprint density at radius 3 is 2.45 bits per heavy atom. The average Bonchev–Trinajstić information content (AvgIpc) is 1.98. The smallest absolute Gasteiger partial charge is 0.222 e. The highest BCUT2D eigenvalue weighted by Crippen LogP contribution is 1.98. The summed E-state index contributed by atoms with van der Waals surface area (Å²) in [5.74, 6) is 0.186. The highest BCUT2D eigenvalue weighted by atomic mass is 16.2. The van der Waals surface area contributed by atoms with Crippen LogP contribution in [0.1, 0.15) is 26.7 Å². The highest BCUT2D eigenvalue weighted by Gasteiger charge is 2.09. The zero-order chi connectivity index (χ0) is 8.85. The van der Waals surface area contributed by atoms with E-state index in [0.717, 1.165) is 6.42 Å². The lowest BCUT2D eigenvalue weighted by Crippen LogP contribution is -2.33. The summed E-state index contributed by atoms with van der Waals surface area (Å²) in [4.78, 5) is 13.0. The molecule has 0 radical (unpaired) electrons. The van der Waals surface area contributed by atoms with Crippen LogP contribution in [-0.2, 0) is 4.79 Å². The van der Waals surface area contributed by atoms with Crippen LogP contribution >= 0.6 is 0 Å². The Bertz CT molecular complexity index is 123. The van der Waals surface area contributed by atoms with Crippen molar-refractivity contribution in [2.75, 3.05) is 13.6 Å². The Morgan fingerprint density at radius 2 is 2.09 bits per heavy atom. The van der Waals surface area contributed by atoms with Gasteiger partial charge in [0.15, 0.2) is 0 Å². The van der Waals surface area contributed by atoms with Crippen molar-refractivity contribution in [1.82, 2.24) is 4.90 Å². The standard InChI is InChI=1S/C8H18N2O/c1-7(2)10(3)8(11)5-4-6-9/h7H,4-6,9H2,1-3H3. The molecule has 0 saturated carbocycles. The van der Waals surface area contributed by atoms with Crippen molar-refractivity contribution in [2.45, 2.75) is 32.7 Å². The number of carbonyl (C=O) groups is 1. The average molecular weight is 158 g/mol. The molecule has 0 heterocycles. The Labute approximate surface area is 68.6 Å². The molecule has 1 amide bonds. The second-order valence-electron chi connectivity index (χ2n) is 2.99. The van der Waals surface area contributed by atoms with E-state index >= 15 is 0 Å². The minimum absolute atomic E-state index is 0.186. The van der Waals surface area contributed by atoms with E-state index in [1.54, 1.807) is 4.90 Å². The molecule has 0 aromatic rings.